The first-order valence-electron chi connectivity index (χ1n) is 5.68. The van der Waals surface area contributed by atoms with Crippen molar-refractivity contribution in [3.8, 4) is 5.75 Å². The molecule has 98 valence electrons. The minimum absolute atomic E-state index is 0.0703. The summed E-state index contributed by atoms with van der Waals surface area (Å²) in [6.07, 6.45) is 1.53. The SMILES string of the molecule is O=C(O)Cc1ccccc1OCc1cc(Cl)ccn1. The molecule has 2 rings (SSSR count). The summed E-state index contributed by atoms with van der Waals surface area (Å²) in [4.78, 5) is 14.9. The Morgan fingerprint density at radius 3 is 2.84 bits per heavy atom. The van der Waals surface area contributed by atoms with Crippen LogP contribution < -0.4 is 4.74 Å². The van der Waals surface area contributed by atoms with E-state index in [-0.39, 0.29) is 13.0 Å². The lowest BCUT2D eigenvalue weighted by molar-refractivity contribution is -0.136. The lowest BCUT2D eigenvalue weighted by Crippen LogP contribution is -2.04. The van der Waals surface area contributed by atoms with Crippen molar-refractivity contribution in [1.29, 1.82) is 0 Å². The molecule has 1 aromatic carbocycles. The molecule has 0 fully saturated rings. The normalized spacial score (nSPS) is 10.2. The van der Waals surface area contributed by atoms with Gasteiger partial charge in [0.15, 0.2) is 0 Å². The number of benzene rings is 1. The number of para-hydroxylation sites is 1. The maximum atomic E-state index is 10.8. The second kappa shape index (κ2) is 6.20. The predicted molar refractivity (Wildman–Crippen MR) is 71.4 cm³/mol. The molecule has 1 aromatic heterocycles. The lowest BCUT2D eigenvalue weighted by atomic mass is 10.1. The van der Waals surface area contributed by atoms with Gasteiger partial charge in [0.1, 0.15) is 12.4 Å². The van der Waals surface area contributed by atoms with Gasteiger partial charge in [-0.3, -0.25) is 9.78 Å². The van der Waals surface area contributed by atoms with Gasteiger partial charge in [0, 0.05) is 16.8 Å². The van der Waals surface area contributed by atoms with Crippen molar-refractivity contribution in [1.82, 2.24) is 4.98 Å². The van der Waals surface area contributed by atoms with E-state index in [1.165, 1.54) is 0 Å². The Labute approximate surface area is 115 Å². The summed E-state index contributed by atoms with van der Waals surface area (Å²) in [5, 5.41) is 9.42. The number of pyridine rings is 1. The summed E-state index contributed by atoms with van der Waals surface area (Å²) >= 11 is 5.85. The number of carboxylic acids is 1. The average molecular weight is 278 g/mol. The molecule has 1 N–H and O–H groups in total. The predicted octanol–water partition coefficient (Wildman–Crippen LogP) is 2.94. The van der Waals surface area contributed by atoms with Crippen LogP contribution in [-0.4, -0.2) is 16.1 Å². The van der Waals surface area contributed by atoms with Gasteiger partial charge >= 0.3 is 5.97 Å². The summed E-state index contributed by atoms with van der Waals surface area (Å²) < 4.78 is 5.59. The first kappa shape index (κ1) is 13.4. The summed E-state index contributed by atoms with van der Waals surface area (Å²) in [5.41, 5.74) is 1.33. The number of aliphatic carboxylic acids is 1. The zero-order valence-electron chi connectivity index (χ0n) is 10.0. The second-order valence-corrected chi connectivity index (χ2v) is 4.37. The molecule has 5 heteroatoms. The monoisotopic (exact) mass is 277 g/mol. The molecular weight excluding hydrogens is 266 g/mol. The Morgan fingerprint density at radius 2 is 2.11 bits per heavy atom. The van der Waals surface area contributed by atoms with Crippen LogP contribution in [-0.2, 0) is 17.8 Å². The van der Waals surface area contributed by atoms with Gasteiger partial charge in [-0.2, -0.15) is 0 Å². The van der Waals surface area contributed by atoms with Crippen LogP contribution in [0.1, 0.15) is 11.3 Å². The van der Waals surface area contributed by atoms with Gasteiger partial charge < -0.3 is 9.84 Å². The van der Waals surface area contributed by atoms with Crippen LogP contribution in [0.4, 0.5) is 0 Å². The van der Waals surface area contributed by atoms with E-state index in [1.807, 2.05) is 0 Å². The first-order valence-corrected chi connectivity index (χ1v) is 6.06. The molecule has 0 atom stereocenters. The summed E-state index contributed by atoms with van der Waals surface area (Å²) in [5.74, 6) is -0.344. The fraction of sp³-hybridized carbons (Fsp3) is 0.143. The van der Waals surface area contributed by atoms with Crippen LogP contribution in [0, 0.1) is 0 Å². The molecule has 0 radical (unpaired) electrons. The second-order valence-electron chi connectivity index (χ2n) is 3.93. The number of nitrogens with zero attached hydrogens (tertiary/aromatic N) is 1. The van der Waals surface area contributed by atoms with E-state index in [1.54, 1.807) is 42.6 Å². The molecule has 19 heavy (non-hydrogen) atoms. The van der Waals surface area contributed by atoms with Gasteiger partial charge in [-0.05, 0) is 18.2 Å². The average Bonchev–Trinajstić information content (AvgIpc) is 2.37. The number of rotatable bonds is 5. The number of halogens is 1. The van der Waals surface area contributed by atoms with Crippen molar-refractivity contribution in [2.24, 2.45) is 0 Å². The van der Waals surface area contributed by atoms with Gasteiger partial charge in [0.05, 0.1) is 12.1 Å². The van der Waals surface area contributed by atoms with Crippen LogP contribution in [0.2, 0.25) is 5.02 Å². The first-order chi connectivity index (χ1) is 9.15. The highest BCUT2D eigenvalue weighted by molar-refractivity contribution is 6.30. The third kappa shape index (κ3) is 3.96. The van der Waals surface area contributed by atoms with Gasteiger partial charge in [-0.15, -0.1) is 0 Å². The van der Waals surface area contributed by atoms with Crippen molar-refractivity contribution in [3.63, 3.8) is 0 Å². The van der Waals surface area contributed by atoms with E-state index in [9.17, 15) is 4.79 Å². The molecule has 0 aliphatic rings. The van der Waals surface area contributed by atoms with Crippen LogP contribution in [0.15, 0.2) is 42.6 Å². The Kier molecular flexibility index (Phi) is 4.36. The third-order valence-corrected chi connectivity index (χ3v) is 2.70. The molecule has 0 saturated carbocycles. The van der Waals surface area contributed by atoms with Crippen molar-refractivity contribution < 1.29 is 14.6 Å². The van der Waals surface area contributed by atoms with Crippen molar-refractivity contribution in [3.05, 3.63) is 58.9 Å². The van der Waals surface area contributed by atoms with E-state index < -0.39 is 5.97 Å². The number of hydrogen-bond donors (Lipinski definition) is 1. The molecule has 2 aromatic rings. The standard InChI is InChI=1S/C14H12ClNO3/c15-11-5-6-16-12(8-11)9-19-13-4-2-1-3-10(13)7-14(17)18/h1-6,8H,7,9H2,(H,17,18). The molecule has 0 saturated heterocycles. The Morgan fingerprint density at radius 1 is 1.32 bits per heavy atom. The molecule has 4 nitrogen and oxygen atoms in total. The van der Waals surface area contributed by atoms with E-state index >= 15 is 0 Å². The lowest BCUT2D eigenvalue weighted by Gasteiger charge is -2.09. The van der Waals surface area contributed by atoms with E-state index in [2.05, 4.69) is 4.98 Å². The van der Waals surface area contributed by atoms with Crippen molar-refractivity contribution in [2.45, 2.75) is 13.0 Å². The number of carbonyl (C=O) groups is 1. The topological polar surface area (TPSA) is 59.4 Å². The quantitative estimate of drug-likeness (QED) is 0.913. The Hall–Kier alpha value is -2.07. The molecule has 0 bridgehead atoms. The van der Waals surface area contributed by atoms with Crippen LogP contribution in [0.25, 0.3) is 0 Å². The Bertz CT molecular complexity index is 586. The summed E-state index contributed by atoms with van der Waals surface area (Å²) in [6, 6.07) is 10.4. The minimum Gasteiger partial charge on any atom is -0.487 e. The van der Waals surface area contributed by atoms with Gasteiger partial charge in [-0.1, -0.05) is 29.8 Å². The summed E-state index contributed by atoms with van der Waals surface area (Å²) in [7, 11) is 0. The van der Waals surface area contributed by atoms with Crippen LogP contribution >= 0.6 is 11.6 Å². The fourth-order valence-corrected chi connectivity index (χ4v) is 1.82. The molecule has 0 aliphatic carbocycles. The number of aromatic nitrogens is 1. The molecular formula is C14H12ClNO3. The fourth-order valence-electron chi connectivity index (χ4n) is 1.63. The van der Waals surface area contributed by atoms with Crippen LogP contribution in [0.3, 0.4) is 0 Å². The van der Waals surface area contributed by atoms with Gasteiger partial charge in [-0.25, -0.2) is 0 Å². The Balaban J connectivity index is 2.09. The molecule has 0 aliphatic heterocycles. The minimum atomic E-state index is -0.892. The van der Waals surface area contributed by atoms with Crippen molar-refractivity contribution >= 4 is 17.6 Å². The maximum Gasteiger partial charge on any atom is 0.307 e. The third-order valence-electron chi connectivity index (χ3n) is 2.47. The molecule has 1 heterocycles. The number of carboxylic acid groups (broad SMARTS) is 1. The molecule has 0 spiro atoms. The highest BCUT2D eigenvalue weighted by atomic mass is 35.5. The number of hydrogen-bond acceptors (Lipinski definition) is 3. The van der Waals surface area contributed by atoms with E-state index in [4.69, 9.17) is 21.4 Å². The number of ether oxygens (including phenoxy) is 1. The van der Waals surface area contributed by atoms with Crippen molar-refractivity contribution in [2.75, 3.05) is 0 Å². The molecule has 0 amide bonds. The zero-order chi connectivity index (χ0) is 13.7. The zero-order valence-corrected chi connectivity index (χ0v) is 10.8. The van der Waals surface area contributed by atoms with E-state index in [0.717, 1.165) is 0 Å². The summed E-state index contributed by atoms with van der Waals surface area (Å²) in [6.45, 7) is 0.247. The smallest absolute Gasteiger partial charge is 0.307 e. The van der Waals surface area contributed by atoms with Gasteiger partial charge in [0.2, 0.25) is 0 Å². The highest BCUT2D eigenvalue weighted by Gasteiger charge is 2.07. The molecule has 0 unspecified atom stereocenters. The largest absolute Gasteiger partial charge is 0.487 e. The van der Waals surface area contributed by atoms with E-state index in [0.29, 0.717) is 22.0 Å². The maximum absolute atomic E-state index is 10.8. The highest BCUT2D eigenvalue weighted by Crippen LogP contribution is 2.20. The van der Waals surface area contributed by atoms with Gasteiger partial charge in [0.25, 0.3) is 0 Å². The van der Waals surface area contributed by atoms with Crippen LogP contribution in [0.5, 0.6) is 5.75 Å².